The van der Waals surface area contributed by atoms with Crippen LogP contribution in [0.25, 0.3) is 0 Å². The zero-order chi connectivity index (χ0) is 24.5. The first-order valence-corrected chi connectivity index (χ1v) is 11.3. The summed E-state index contributed by atoms with van der Waals surface area (Å²) in [5.41, 5.74) is -3.39. The number of nitrogens with zero attached hydrogens (tertiary/aromatic N) is 2. The minimum absolute atomic E-state index is 0.0978. The summed E-state index contributed by atoms with van der Waals surface area (Å²) in [5.74, 6) is -0.00936. The van der Waals surface area contributed by atoms with E-state index < -0.39 is 44.4 Å². The maximum Gasteiger partial charge on any atom is 0.416 e. The number of hydrogen-bond donors (Lipinski definition) is 1. The highest BCUT2D eigenvalue weighted by Gasteiger charge is 2.40. The third kappa shape index (κ3) is 6.35. The Morgan fingerprint density at radius 1 is 0.938 bits per heavy atom. The van der Waals surface area contributed by atoms with Crippen LogP contribution in [0.3, 0.4) is 0 Å². The number of benzene rings is 1. The third-order valence-corrected chi connectivity index (χ3v) is 6.96. The predicted octanol–water partition coefficient (Wildman–Crippen LogP) is 3.19. The first-order chi connectivity index (χ1) is 14.5. The largest absolute Gasteiger partial charge is 0.416 e. The molecule has 6 nitrogen and oxygen atoms in total. The Hall–Kier alpha value is -1.86. The molecule has 1 aliphatic rings. The molecule has 1 unspecified atom stereocenters. The van der Waals surface area contributed by atoms with Gasteiger partial charge >= 0.3 is 12.4 Å². The van der Waals surface area contributed by atoms with Crippen molar-refractivity contribution in [2.24, 2.45) is 5.92 Å². The van der Waals surface area contributed by atoms with Crippen LogP contribution >= 0.6 is 0 Å². The maximum atomic E-state index is 13.1. The lowest BCUT2D eigenvalue weighted by Gasteiger charge is -2.36. The van der Waals surface area contributed by atoms with Gasteiger partial charge in [0.15, 0.2) is 0 Å². The van der Waals surface area contributed by atoms with Gasteiger partial charge in [-0.3, -0.25) is 9.69 Å². The quantitative estimate of drug-likeness (QED) is 0.624. The number of amides is 1. The first kappa shape index (κ1) is 26.4. The fraction of sp³-hybridized carbons (Fsp3) is 0.632. The Bertz CT molecular complexity index is 891. The molecule has 0 bridgehead atoms. The number of carbonyl (C=O) groups is 1. The topological polar surface area (TPSA) is 69.7 Å². The van der Waals surface area contributed by atoms with Crippen LogP contribution in [-0.2, 0) is 27.2 Å². The van der Waals surface area contributed by atoms with Gasteiger partial charge in [-0.05, 0) is 31.0 Å². The number of halogens is 6. The highest BCUT2D eigenvalue weighted by Crippen LogP contribution is 2.37. The van der Waals surface area contributed by atoms with Gasteiger partial charge in [0, 0.05) is 32.7 Å². The van der Waals surface area contributed by atoms with Crippen molar-refractivity contribution >= 4 is 15.9 Å². The fourth-order valence-corrected chi connectivity index (χ4v) is 4.67. The molecule has 2 rings (SSSR count). The minimum atomic E-state index is -5.15. The zero-order valence-electron chi connectivity index (χ0n) is 17.7. The molecule has 13 heteroatoms. The second kappa shape index (κ2) is 9.56. The molecule has 1 saturated heterocycles. The van der Waals surface area contributed by atoms with Crippen LogP contribution in [0.1, 0.15) is 31.9 Å². The van der Waals surface area contributed by atoms with E-state index in [1.54, 1.807) is 11.8 Å². The van der Waals surface area contributed by atoms with E-state index in [1.807, 2.05) is 13.8 Å². The molecule has 0 aromatic heterocycles. The minimum Gasteiger partial charge on any atom is -0.354 e. The van der Waals surface area contributed by atoms with E-state index in [1.165, 1.54) is 0 Å². The van der Waals surface area contributed by atoms with Crippen LogP contribution in [-0.4, -0.2) is 62.3 Å². The lowest BCUT2D eigenvalue weighted by Crippen LogP contribution is -2.55. The van der Waals surface area contributed by atoms with Crippen molar-refractivity contribution in [3.8, 4) is 0 Å². The molecule has 182 valence electrons. The van der Waals surface area contributed by atoms with Crippen LogP contribution in [0, 0.1) is 5.92 Å². The highest BCUT2D eigenvalue weighted by molar-refractivity contribution is 7.89. The monoisotopic (exact) mass is 489 g/mol. The van der Waals surface area contributed by atoms with Crippen LogP contribution in [0.15, 0.2) is 23.1 Å². The molecule has 1 aromatic rings. The average Bonchev–Trinajstić information content (AvgIpc) is 2.69. The Kier molecular flexibility index (Phi) is 7.88. The molecule has 1 heterocycles. The molecular weight excluding hydrogens is 464 g/mol. The van der Waals surface area contributed by atoms with Crippen LogP contribution < -0.4 is 5.32 Å². The van der Waals surface area contributed by atoms with Gasteiger partial charge in [0.05, 0.1) is 22.1 Å². The highest BCUT2D eigenvalue weighted by atomic mass is 32.2. The van der Waals surface area contributed by atoms with Gasteiger partial charge in [-0.2, -0.15) is 30.6 Å². The predicted molar refractivity (Wildman–Crippen MR) is 104 cm³/mol. The van der Waals surface area contributed by atoms with E-state index in [0.717, 1.165) is 4.31 Å². The molecule has 0 aliphatic carbocycles. The number of alkyl halides is 6. The van der Waals surface area contributed by atoms with Crippen molar-refractivity contribution < 1.29 is 39.6 Å². The molecule has 32 heavy (non-hydrogen) atoms. The van der Waals surface area contributed by atoms with Gasteiger partial charge in [0.25, 0.3) is 0 Å². The molecule has 0 spiro atoms. The van der Waals surface area contributed by atoms with Crippen molar-refractivity contribution in [1.82, 2.24) is 14.5 Å². The van der Waals surface area contributed by atoms with Gasteiger partial charge < -0.3 is 5.32 Å². The smallest absolute Gasteiger partial charge is 0.354 e. The zero-order valence-corrected chi connectivity index (χ0v) is 18.5. The number of carbonyl (C=O) groups excluding carboxylic acids is 1. The van der Waals surface area contributed by atoms with Gasteiger partial charge in [0.1, 0.15) is 0 Å². The Balaban J connectivity index is 2.21. The second-order valence-electron chi connectivity index (χ2n) is 8.00. The summed E-state index contributed by atoms with van der Waals surface area (Å²) in [5, 5.41) is 2.76. The van der Waals surface area contributed by atoms with Crippen molar-refractivity contribution in [2.75, 3.05) is 32.7 Å². The molecule has 0 radical (unpaired) electrons. The molecule has 1 atom stereocenters. The summed E-state index contributed by atoms with van der Waals surface area (Å²) in [6.07, 6.45) is -10.3. The molecule has 1 N–H and O–H groups in total. The van der Waals surface area contributed by atoms with Crippen molar-refractivity contribution in [3.05, 3.63) is 29.3 Å². The summed E-state index contributed by atoms with van der Waals surface area (Å²) >= 11 is 0. The molecule has 1 amide bonds. The Labute approximate surface area is 182 Å². The second-order valence-corrected chi connectivity index (χ2v) is 9.93. The number of nitrogens with one attached hydrogen (secondary N) is 1. The summed E-state index contributed by atoms with van der Waals surface area (Å²) in [6.45, 7) is 5.79. The van der Waals surface area contributed by atoms with E-state index in [0.29, 0.717) is 6.54 Å². The van der Waals surface area contributed by atoms with Crippen LogP contribution in [0.4, 0.5) is 26.3 Å². The normalized spacial score (nSPS) is 18.1. The van der Waals surface area contributed by atoms with E-state index in [-0.39, 0.29) is 56.2 Å². The SMILES string of the molecule is CC(C)CNC(=O)C(C)N1CCN(S(=O)(=O)c2cc(C(F)(F)F)cc(C(F)(F)F)c2)CC1. The Morgan fingerprint density at radius 3 is 1.81 bits per heavy atom. The third-order valence-electron chi connectivity index (χ3n) is 5.08. The lowest BCUT2D eigenvalue weighted by atomic mass is 10.1. The molecule has 1 aliphatic heterocycles. The van der Waals surface area contributed by atoms with Crippen LogP contribution in [0.5, 0.6) is 0 Å². The van der Waals surface area contributed by atoms with Crippen molar-refractivity contribution in [3.63, 3.8) is 0 Å². The van der Waals surface area contributed by atoms with Crippen LogP contribution in [0.2, 0.25) is 0 Å². The molecule has 1 fully saturated rings. The molecule has 1 aromatic carbocycles. The van der Waals surface area contributed by atoms with E-state index in [4.69, 9.17) is 0 Å². The summed E-state index contributed by atoms with van der Waals surface area (Å²) in [6, 6.07) is -0.268. The van der Waals surface area contributed by atoms with E-state index in [9.17, 15) is 39.6 Å². The van der Waals surface area contributed by atoms with E-state index >= 15 is 0 Å². The summed E-state index contributed by atoms with van der Waals surface area (Å²) in [4.78, 5) is 12.8. The van der Waals surface area contributed by atoms with Crippen molar-refractivity contribution in [1.29, 1.82) is 0 Å². The Morgan fingerprint density at radius 2 is 1.41 bits per heavy atom. The summed E-state index contributed by atoms with van der Waals surface area (Å²) < 4.78 is 105. The standard InChI is InChI=1S/C19H25F6N3O3S/c1-12(2)11-26-17(29)13(3)27-4-6-28(7-5-27)32(30,31)16-9-14(18(20,21)22)8-15(10-16)19(23,24)25/h8-10,12-13H,4-7,11H2,1-3H3,(H,26,29). The number of sulfonamides is 1. The van der Waals surface area contributed by atoms with Crippen molar-refractivity contribution in [2.45, 2.75) is 44.1 Å². The summed E-state index contributed by atoms with van der Waals surface area (Å²) in [7, 11) is -4.61. The molecule has 0 saturated carbocycles. The lowest BCUT2D eigenvalue weighted by molar-refractivity contribution is -0.143. The molecular formula is C19H25F6N3O3S. The maximum absolute atomic E-state index is 13.1. The van der Waals surface area contributed by atoms with Gasteiger partial charge in [-0.25, -0.2) is 8.42 Å². The average molecular weight is 489 g/mol. The fourth-order valence-electron chi connectivity index (χ4n) is 3.17. The van der Waals surface area contributed by atoms with Gasteiger partial charge in [0.2, 0.25) is 15.9 Å². The van der Waals surface area contributed by atoms with Gasteiger partial charge in [-0.1, -0.05) is 13.8 Å². The number of hydrogen-bond acceptors (Lipinski definition) is 4. The first-order valence-electron chi connectivity index (χ1n) is 9.85. The van der Waals surface area contributed by atoms with E-state index in [2.05, 4.69) is 5.32 Å². The number of piperazine rings is 1. The van der Waals surface area contributed by atoms with Gasteiger partial charge in [-0.15, -0.1) is 0 Å². The number of rotatable bonds is 6.